The van der Waals surface area contributed by atoms with Gasteiger partial charge in [-0.1, -0.05) is 13.0 Å². The van der Waals surface area contributed by atoms with Crippen LogP contribution >= 0.6 is 0 Å². The first-order chi connectivity index (χ1) is 11.2. The van der Waals surface area contributed by atoms with E-state index in [1.54, 1.807) is 31.3 Å². The molecule has 0 aliphatic carbocycles. The molecule has 9 heteroatoms. The summed E-state index contributed by atoms with van der Waals surface area (Å²) in [6, 6.07) is 1.64. The minimum absolute atomic E-state index is 0.124. The Balaban J connectivity index is 1.68. The largest absolute Gasteiger partial charge is 0.463 e. The van der Waals surface area contributed by atoms with Crippen molar-refractivity contribution in [1.29, 1.82) is 0 Å². The van der Waals surface area contributed by atoms with E-state index in [2.05, 4.69) is 15.1 Å². The third-order valence-corrected chi connectivity index (χ3v) is 3.24. The molecule has 9 nitrogen and oxygen atoms in total. The van der Waals surface area contributed by atoms with Gasteiger partial charge >= 0.3 is 11.7 Å². The quantitative estimate of drug-likeness (QED) is 0.574. The van der Waals surface area contributed by atoms with Gasteiger partial charge in [0.1, 0.15) is 25.4 Å². The van der Waals surface area contributed by atoms with E-state index in [0.717, 1.165) is 0 Å². The van der Waals surface area contributed by atoms with Crippen molar-refractivity contribution >= 4 is 5.97 Å². The molecular formula is C14H15N5O4. The Labute approximate surface area is 131 Å². The Morgan fingerprint density at radius 2 is 2.30 bits per heavy atom. The van der Waals surface area contributed by atoms with Gasteiger partial charge in [-0.15, -0.1) is 0 Å². The molecule has 0 spiro atoms. The van der Waals surface area contributed by atoms with Gasteiger partial charge in [-0.25, -0.2) is 14.5 Å². The lowest BCUT2D eigenvalue weighted by Crippen LogP contribution is -2.29. The molecule has 2 aromatic heterocycles. The lowest BCUT2D eigenvalue weighted by molar-refractivity contribution is -0.147. The third kappa shape index (κ3) is 3.34. The highest BCUT2D eigenvalue weighted by Gasteiger charge is 2.22. The smallest absolute Gasteiger partial charge is 0.351 e. The highest BCUT2D eigenvalue weighted by molar-refractivity contribution is 5.68. The van der Waals surface area contributed by atoms with E-state index in [1.807, 2.05) is 0 Å². The van der Waals surface area contributed by atoms with Gasteiger partial charge in [0.2, 0.25) is 0 Å². The predicted octanol–water partition coefficient (Wildman–Crippen LogP) is 0.231. The van der Waals surface area contributed by atoms with Gasteiger partial charge in [-0.3, -0.25) is 9.36 Å². The lowest BCUT2D eigenvalue weighted by Gasteiger charge is -2.16. The highest BCUT2D eigenvalue weighted by atomic mass is 16.6. The van der Waals surface area contributed by atoms with Crippen LogP contribution in [0.3, 0.4) is 0 Å². The first-order valence-corrected chi connectivity index (χ1v) is 7.11. The molecule has 1 aliphatic rings. The zero-order valence-corrected chi connectivity index (χ0v) is 12.4. The number of aromatic nitrogens is 5. The Kier molecular flexibility index (Phi) is 4.29. The van der Waals surface area contributed by atoms with Crippen molar-refractivity contribution in [3.63, 3.8) is 0 Å². The average molecular weight is 317 g/mol. The molecule has 0 aromatic carbocycles. The first kappa shape index (κ1) is 15.1. The number of hydrogen-bond donors (Lipinski definition) is 0. The van der Waals surface area contributed by atoms with Crippen LogP contribution in [0.15, 0.2) is 41.9 Å². The fourth-order valence-electron chi connectivity index (χ4n) is 2.07. The van der Waals surface area contributed by atoms with Gasteiger partial charge in [-0.2, -0.15) is 10.1 Å². The summed E-state index contributed by atoms with van der Waals surface area (Å²) in [6.45, 7) is 1.84. The van der Waals surface area contributed by atoms with Crippen molar-refractivity contribution < 1.29 is 14.3 Å². The van der Waals surface area contributed by atoms with Gasteiger partial charge in [-0.05, 0) is 12.1 Å². The van der Waals surface area contributed by atoms with Crippen molar-refractivity contribution in [1.82, 2.24) is 24.3 Å². The summed E-state index contributed by atoms with van der Waals surface area (Å²) in [6.07, 6.45) is 7.22. The van der Waals surface area contributed by atoms with E-state index >= 15 is 0 Å². The molecule has 0 saturated heterocycles. The molecule has 0 amide bonds. The Morgan fingerprint density at radius 1 is 1.43 bits per heavy atom. The number of ether oxygens (including phenoxy) is 2. The van der Waals surface area contributed by atoms with Crippen LogP contribution in [-0.4, -0.2) is 43.0 Å². The van der Waals surface area contributed by atoms with E-state index in [4.69, 9.17) is 9.47 Å². The summed E-state index contributed by atoms with van der Waals surface area (Å²) in [5.74, 6) is 0.0839. The molecule has 120 valence electrons. The van der Waals surface area contributed by atoms with Gasteiger partial charge in [0, 0.05) is 12.6 Å². The summed E-state index contributed by atoms with van der Waals surface area (Å²) in [4.78, 5) is 31.0. The van der Waals surface area contributed by atoms with Gasteiger partial charge < -0.3 is 9.47 Å². The number of carbonyl (C=O) groups excluding carboxylic acids is 1. The van der Waals surface area contributed by atoms with Crippen LogP contribution in [0, 0.1) is 0 Å². The van der Waals surface area contributed by atoms with Gasteiger partial charge in [0.15, 0.2) is 12.0 Å². The van der Waals surface area contributed by atoms with Crippen LogP contribution in [0.2, 0.25) is 0 Å². The molecule has 0 radical (unpaired) electrons. The van der Waals surface area contributed by atoms with E-state index in [1.165, 1.54) is 21.9 Å². The Hall–Kier alpha value is -2.81. The fraction of sp³-hybridized carbons (Fsp3) is 0.357. The molecule has 0 N–H and O–H groups in total. The third-order valence-electron chi connectivity index (χ3n) is 3.24. The minimum atomic E-state index is -0.579. The molecule has 2 aromatic rings. The Bertz CT molecular complexity index is 768. The summed E-state index contributed by atoms with van der Waals surface area (Å²) >= 11 is 0. The van der Waals surface area contributed by atoms with Crippen LogP contribution in [0.1, 0.15) is 19.6 Å². The standard InChI is InChI=1S/C14H15N5O4/c1-2-13(20)22-7-10-3-4-12(23-10)18-6-5-11(17-14(18)21)19-9-15-8-16-19/h3-6,8-10,12H,2,7H2,1H3. The second-order valence-corrected chi connectivity index (χ2v) is 4.80. The molecule has 2 unspecified atom stereocenters. The van der Waals surface area contributed by atoms with Crippen molar-refractivity contribution in [2.45, 2.75) is 25.7 Å². The second-order valence-electron chi connectivity index (χ2n) is 4.80. The van der Waals surface area contributed by atoms with Crippen molar-refractivity contribution in [3.05, 3.63) is 47.6 Å². The number of esters is 1. The molecule has 2 atom stereocenters. The number of rotatable bonds is 5. The summed E-state index contributed by atoms with van der Waals surface area (Å²) in [5.41, 5.74) is -0.473. The van der Waals surface area contributed by atoms with Crippen molar-refractivity contribution in [3.8, 4) is 5.82 Å². The molecule has 0 fully saturated rings. The minimum Gasteiger partial charge on any atom is -0.463 e. The fourth-order valence-corrected chi connectivity index (χ4v) is 2.07. The Morgan fingerprint density at radius 3 is 3.00 bits per heavy atom. The molecular weight excluding hydrogens is 302 g/mol. The van der Waals surface area contributed by atoms with Crippen molar-refractivity contribution in [2.24, 2.45) is 0 Å². The summed E-state index contributed by atoms with van der Waals surface area (Å²) in [5, 5.41) is 3.92. The molecule has 3 rings (SSSR count). The van der Waals surface area contributed by atoms with Gasteiger partial charge in [0.25, 0.3) is 0 Å². The number of carbonyl (C=O) groups is 1. The van der Waals surface area contributed by atoms with Crippen LogP contribution in [0.4, 0.5) is 0 Å². The molecule has 3 heterocycles. The molecule has 0 bridgehead atoms. The number of hydrogen-bond acceptors (Lipinski definition) is 7. The normalized spacial score (nSPS) is 19.9. The zero-order chi connectivity index (χ0) is 16.2. The maximum Gasteiger partial charge on any atom is 0.351 e. The summed E-state index contributed by atoms with van der Waals surface area (Å²) < 4.78 is 13.4. The van der Waals surface area contributed by atoms with E-state index in [9.17, 15) is 9.59 Å². The highest BCUT2D eigenvalue weighted by Crippen LogP contribution is 2.20. The monoisotopic (exact) mass is 317 g/mol. The van der Waals surface area contributed by atoms with Crippen LogP contribution in [-0.2, 0) is 14.3 Å². The van der Waals surface area contributed by atoms with Crippen LogP contribution < -0.4 is 5.69 Å². The molecule has 23 heavy (non-hydrogen) atoms. The van der Waals surface area contributed by atoms with Crippen LogP contribution in [0.25, 0.3) is 5.82 Å². The van der Waals surface area contributed by atoms with E-state index < -0.39 is 11.9 Å². The van der Waals surface area contributed by atoms with E-state index in [0.29, 0.717) is 12.2 Å². The summed E-state index contributed by atoms with van der Waals surface area (Å²) in [7, 11) is 0. The van der Waals surface area contributed by atoms with E-state index in [-0.39, 0.29) is 18.7 Å². The van der Waals surface area contributed by atoms with Gasteiger partial charge in [0.05, 0.1) is 0 Å². The second kappa shape index (κ2) is 6.53. The molecule has 1 aliphatic heterocycles. The maximum atomic E-state index is 12.1. The lowest BCUT2D eigenvalue weighted by atomic mass is 10.3. The zero-order valence-electron chi connectivity index (χ0n) is 12.4. The van der Waals surface area contributed by atoms with Crippen LogP contribution in [0.5, 0.6) is 0 Å². The first-order valence-electron chi connectivity index (χ1n) is 7.11. The topological polar surface area (TPSA) is 101 Å². The average Bonchev–Trinajstić information content (AvgIpc) is 3.24. The molecule has 0 saturated carbocycles. The number of nitrogens with zero attached hydrogens (tertiary/aromatic N) is 5. The SMILES string of the molecule is CCC(=O)OCC1C=CC(n2ccc(-n3cncn3)nc2=O)O1. The van der Waals surface area contributed by atoms with Crippen molar-refractivity contribution in [2.75, 3.05) is 6.61 Å². The predicted molar refractivity (Wildman–Crippen MR) is 77.7 cm³/mol. The maximum absolute atomic E-state index is 12.1.